The van der Waals surface area contributed by atoms with Crippen molar-refractivity contribution in [2.24, 2.45) is 11.8 Å². The molecule has 0 heterocycles. The monoisotopic (exact) mass is 311 g/mol. The maximum Gasteiger partial charge on any atom is 0.121 e. The quantitative estimate of drug-likeness (QED) is 0.870. The van der Waals surface area contributed by atoms with Crippen LogP contribution in [0, 0.1) is 11.8 Å². The number of hydrogen-bond acceptors (Lipinski definition) is 2. The van der Waals surface area contributed by atoms with E-state index in [0.717, 1.165) is 34.3 Å². The summed E-state index contributed by atoms with van der Waals surface area (Å²) >= 11 is 3.58. The SMILES string of the molecule is COc1ccc(Br)c(NCC2CCCC(C)C2)c1. The first kappa shape index (κ1) is 13.7. The van der Waals surface area contributed by atoms with Crippen LogP contribution in [0.2, 0.25) is 0 Å². The van der Waals surface area contributed by atoms with E-state index in [1.165, 1.54) is 25.7 Å². The zero-order chi connectivity index (χ0) is 13.0. The molecule has 100 valence electrons. The van der Waals surface area contributed by atoms with E-state index in [1.807, 2.05) is 12.1 Å². The number of halogens is 1. The highest BCUT2D eigenvalue weighted by Crippen LogP contribution is 2.31. The maximum absolute atomic E-state index is 5.26. The molecule has 1 aromatic rings. The van der Waals surface area contributed by atoms with Crippen LogP contribution in [-0.4, -0.2) is 13.7 Å². The third-order valence-electron chi connectivity index (χ3n) is 3.80. The van der Waals surface area contributed by atoms with E-state index in [1.54, 1.807) is 7.11 Å². The summed E-state index contributed by atoms with van der Waals surface area (Å²) in [5.41, 5.74) is 1.13. The van der Waals surface area contributed by atoms with E-state index in [-0.39, 0.29) is 0 Å². The lowest BCUT2D eigenvalue weighted by atomic mass is 9.82. The minimum absolute atomic E-state index is 0.812. The molecular formula is C15H22BrNO. The molecule has 1 aliphatic rings. The molecule has 1 saturated carbocycles. The highest BCUT2D eigenvalue weighted by atomic mass is 79.9. The van der Waals surface area contributed by atoms with Crippen LogP contribution in [0.1, 0.15) is 32.6 Å². The van der Waals surface area contributed by atoms with Crippen molar-refractivity contribution in [3.8, 4) is 5.75 Å². The number of rotatable bonds is 4. The van der Waals surface area contributed by atoms with Gasteiger partial charge in [-0.15, -0.1) is 0 Å². The first-order valence-electron chi connectivity index (χ1n) is 6.76. The normalized spacial score (nSPS) is 23.7. The highest BCUT2D eigenvalue weighted by molar-refractivity contribution is 9.10. The molecule has 1 aromatic carbocycles. The summed E-state index contributed by atoms with van der Waals surface area (Å²) in [6.45, 7) is 3.43. The Kier molecular flexibility index (Phi) is 4.93. The van der Waals surface area contributed by atoms with Gasteiger partial charge in [-0.3, -0.25) is 0 Å². The Bertz CT molecular complexity index is 394. The van der Waals surface area contributed by atoms with Crippen LogP contribution in [0.4, 0.5) is 5.69 Å². The maximum atomic E-state index is 5.26. The lowest BCUT2D eigenvalue weighted by Crippen LogP contribution is -2.21. The van der Waals surface area contributed by atoms with Crippen LogP contribution in [0.15, 0.2) is 22.7 Å². The summed E-state index contributed by atoms with van der Waals surface area (Å²) in [7, 11) is 1.70. The van der Waals surface area contributed by atoms with Crippen LogP contribution < -0.4 is 10.1 Å². The minimum atomic E-state index is 0.812. The van der Waals surface area contributed by atoms with E-state index < -0.39 is 0 Å². The second kappa shape index (κ2) is 6.46. The third kappa shape index (κ3) is 3.64. The predicted octanol–water partition coefficient (Wildman–Crippen LogP) is 4.70. The van der Waals surface area contributed by atoms with Crippen molar-refractivity contribution in [2.75, 3.05) is 19.0 Å². The predicted molar refractivity (Wildman–Crippen MR) is 80.3 cm³/mol. The van der Waals surface area contributed by atoms with Gasteiger partial charge in [0.25, 0.3) is 0 Å². The molecule has 0 radical (unpaired) electrons. The fourth-order valence-electron chi connectivity index (χ4n) is 2.77. The van der Waals surface area contributed by atoms with Gasteiger partial charge in [0, 0.05) is 17.1 Å². The van der Waals surface area contributed by atoms with E-state index in [2.05, 4.69) is 34.2 Å². The van der Waals surface area contributed by atoms with Crippen LogP contribution in [0.3, 0.4) is 0 Å². The molecule has 0 aromatic heterocycles. The van der Waals surface area contributed by atoms with Gasteiger partial charge in [0.05, 0.1) is 12.8 Å². The Morgan fingerprint density at radius 2 is 2.22 bits per heavy atom. The number of nitrogens with one attached hydrogen (secondary N) is 1. The van der Waals surface area contributed by atoms with Gasteiger partial charge >= 0.3 is 0 Å². The summed E-state index contributed by atoms with van der Waals surface area (Å²) < 4.78 is 6.36. The van der Waals surface area contributed by atoms with Crippen molar-refractivity contribution in [1.29, 1.82) is 0 Å². The molecular weight excluding hydrogens is 290 g/mol. The Labute approximate surface area is 118 Å². The van der Waals surface area contributed by atoms with Crippen LogP contribution >= 0.6 is 15.9 Å². The first-order valence-corrected chi connectivity index (χ1v) is 7.55. The van der Waals surface area contributed by atoms with E-state index in [4.69, 9.17) is 4.74 Å². The van der Waals surface area contributed by atoms with Gasteiger partial charge in [-0.1, -0.05) is 19.8 Å². The average molecular weight is 312 g/mol. The molecule has 0 aliphatic heterocycles. The van der Waals surface area contributed by atoms with Crippen LogP contribution in [0.25, 0.3) is 0 Å². The van der Waals surface area contributed by atoms with Crippen molar-refractivity contribution in [1.82, 2.24) is 0 Å². The number of hydrogen-bond donors (Lipinski definition) is 1. The van der Waals surface area contributed by atoms with Gasteiger partial charge < -0.3 is 10.1 Å². The van der Waals surface area contributed by atoms with E-state index in [0.29, 0.717) is 0 Å². The third-order valence-corrected chi connectivity index (χ3v) is 4.49. The van der Waals surface area contributed by atoms with Gasteiger partial charge in [0.15, 0.2) is 0 Å². The molecule has 1 N–H and O–H groups in total. The fraction of sp³-hybridized carbons (Fsp3) is 0.600. The Morgan fingerprint density at radius 3 is 2.94 bits per heavy atom. The van der Waals surface area contributed by atoms with Crippen LogP contribution in [0.5, 0.6) is 5.75 Å². The smallest absolute Gasteiger partial charge is 0.121 e. The number of methoxy groups -OCH3 is 1. The Hall–Kier alpha value is -0.700. The molecule has 2 unspecified atom stereocenters. The lowest BCUT2D eigenvalue weighted by molar-refractivity contribution is 0.293. The molecule has 3 heteroatoms. The lowest BCUT2D eigenvalue weighted by Gasteiger charge is -2.27. The molecule has 2 atom stereocenters. The van der Waals surface area contributed by atoms with Crippen molar-refractivity contribution in [3.63, 3.8) is 0 Å². The highest BCUT2D eigenvalue weighted by Gasteiger charge is 2.18. The summed E-state index contributed by atoms with van der Waals surface area (Å²) in [6.07, 6.45) is 5.50. The van der Waals surface area contributed by atoms with Crippen molar-refractivity contribution in [2.45, 2.75) is 32.6 Å². The second-order valence-electron chi connectivity index (χ2n) is 5.36. The number of benzene rings is 1. The fourth-order valence-corrected chi connectivity index (χ4v) is 3.15. The van der Waals surface area contributed by atoms with Gasteiger partial charge in [0.1, 0.15) is 5.75 Å². The first-order chi connectivity index (χ1) is 8.69. The molecule has 1 aliphatic carbocycles. The molecule has 0 spiro atoms. The summed E-state index contributed by atoms with van der Waals surface area (Å²) in [5, 5.41) is 3.55. The number of ether oxygens (including phenoxy) is 1. The standard InChI is InChI=1S/C15H22BrNO/c1-11-4-3-5-12(8-11)10-17-15-9-13(18-2)6-7-14(15)16/h6-7,9,11-12,17H,3-5,8,10H2,1-2H3. The van der Waals surface area contributed by atoms with E-state index >= 15 is 0 Å². The van der Waals surface area contributed by atoms with Crippen molar-refractivity contribution in [3.05, 3.63) is 22.7 Å². The second-order valence-corrected chi connectivity index (χ2v) is 6.22. The summed E-state index contributed by atoms with van der Waals surface area (Å²) in [6, 6.07) is 6.05. The Balaban J connectivity index is 1.92. The zero-order valence-electron chi connectivity index (χ0n) is 11.2. The summed E-state index contributed by atoms with van der Waals surface area (Å²) in [5.74, 6) is 2.60. The minimum Gasteiger partial charge on any atom is -0.497 e. The number of anilines is 1. The molecule has 2 rings (SSSR count). The van der Waals surface area contributed by atoms with Gasteiger partial charge in [-0.25, -0.2) is 0 Å². The van der Waals surface area contributed by atoms with E-state index in [9.17, 15) is 0 Å². The average Bonchev–Trinajstić information content (AvgIpc) is 2.38. The molecule has 0 saturated heterocycles. The van der Waals surface area contributed by atoms with Crippen molar-refractivity contribution < 1.29 is 4.74 Å². The topological polar surface area (TPSA) is 21.3 Å². The van der Waals surface area contributed by atoms with Gasteiger partial charge in [-0.05, 0) is 52.7 Å². The van der Waals surface area contributed by atoms with Gasteiger partial charge in [0.2, 0.25) is 0 Å². The molecule has 0 bridgehead atoms. The van der Waals surface area contributed by atoms with Gasteiger partial charge in [-0.2, -0.15) is 0 Å². The molecule has 1 fully saturated rings. The largest absolute Gasteiger partial charge is 0.497 e. The van der Waals surface area contributed by atoms with Crippen LogP contribution in [-0.2, 0) is 0 Å². The van der Waals surface area contributed by atoms with Crippen molar-refractivity contribution >= 4 is 21.6 Å². The summed E-state index contributed by atoms with van der Waals surface area (Å²) in [4.78, 5) is 0. The zero-order valence-corrected chi connectivity index (χ0v) is 12.8. The Morgan fingerprint density at radius 1 is 1.39 bits per heavy atom. The molecule has 2 nitrogen and oxygen atoms in total. The molecule has 0 amide bonds. The molecule has 18 heavy (non-hydrogen) atoms.